The SMILES string of the molecule is CC1CCCN1C(=O)c1nc(C(=O)NC2CS(=O)C2)sc1-c1cnc(NC(C)(C)C)cc1C(F)(F)F. The van der Waals surface area contributed by atoms with E-state index in [9.17, 15) is 27.0 Å². The zero-order valence-corrected chi connectivity index (χ0v) is 22.0. The van der Waals surface area contributed by atoms with E-state index in [0.29, 0.717) is 18.1 Å². The van der Waals surface area contributed by atoms with Crippen LogP contribution in [0.5, 0.6) is 0 Å². The number of nitrogens with zero attached hydrogens (tertiary/aromatic N) is 3. The number of carbonyl (C=O) groups is 2. The number of nitrogens with one attached hydrogen (secondary N) is 2. The highest BCUT2D eigenvalue weighted by Crippen LogP contribution is 2.42. The van der Waals surface area contributed by atoms with E-state index in [0.717, 1.165) is 36.4 Å². The van der Waals surface area contributed by atoms with Gasteiger partial charge in [0.15, 0.2) is 5.01 Å². The highest BCUT2D eigenvalue weighted by molar-refractivity contribution is 7.86. The van der Waals surface area contributed by atoms with E-state index >= 15 is 0 Å². The molecule has 4 rings (SSSR count). The number of rotatable bonds is 5. The molecule has 2 amide bonds. The first kappa shape index (κ1) is 26.5. The fourth-order valence-corrected chi connectivity index (χ4v) is 6.12. The Morgan fingerprint density at radius 2 is 1.92 bits per heavy atom. The molecule has 2 aromatic heterocycles. The van der Waals surface area contributed by atoms with Gasteiger partial charge in [-0.3, -0.25) is 13.8 Å². The average Bonchev–Trinajstić information content (AvgIpc) is 3.37. The number of hydrogen-bond donors (Lipinski definition) is 2. The summed E-state index contributed by atoms with van der Waals surface area (Å²) >= 11 is 0.729. The molecule has 0 spiro atoms. The number of hydrogen-bond acceptors (Lipinski definition) is 7. The fraction of sp³-hybridized carbons (Fsp3) is 0.565. The lowest BCUT2D eigenvalue weighted by atomic mass is 10.1. The van der Waals surface area contributed by atoms with Crippen LogP contribution in [0.2, 0.25) is 0 Å². The Balaban J connectivity index is 1.79. The third kappa shape index (κ3) is 5.72. The maximum atomic E-state index is 14.2. The molecule has 8 nitrogen and oxygen atoms in total. The standard InChI is InChI=1S/C23H28F3N5O3S2/c1-12-6-5-7-31(12)21(33)17-18(35-20(29-17)19(32)28-13-10-36(34)11-13)14-9-27-16(30-22(2,3)4)8-15(14)23(24,25)26/h8-9,12-13H,5-7,10-11H2,1-4H3,(H,27,30)(H,28,32). The maximum absolute atomic E-state index is 14.2. The Morgan fingerprint density at radius 1 is 1.22 bits per heavy atom. The van der Waals surface area contributed by atoms with Crippen LogP contribution < -0.4 is 10.6 Å². The molecule has 4 heterocycles. The largest absolute Gasteiger partial charge is 0.417 e. The number of alkyl halides is 3. The van der Waals surface area contributed by atoms with Crippen molar-refractivity contribution in [2.75, 3.05) is 23.4 Å². The van der Waals surface area contributed by atoms with Crippen molar-refractivity contribution in [3.63, 3.8) is 0 Å². The molecule has 0 aromatic carbocycles. The average molecular weight is 544 g/mol. The van der Waals surface area contributed by atoms with E-state index in [4.69, 9.17) is 0 Å². The van der Waals surface area contributed by atoms with Crippen LogP contribution >= 0.6 is 11.3 Å². The van der Waals surface area contributed by atoms with Crippen LogP contribution in [0.3, 0.4) is 0 Å². The first-order valence-electron chi connectivity index (χ1n) is 11.6. The van der Waals surface area contributed by atoms with Gasteiger partial charge in [-0.2, -0.15) is 13.2 Å². The number of anilines is 1. The van der Waals surface area contributed by atoms with Gasteiger partial charge < -0.3 is 15.5 Å². The summed E-state index contributed by atoms with van der Waals surface area (Å²) in [5.74, 6) is -0.458. The highest BCUT2D eigenvalue weighted by atomic mass is 32.2. The molecule has 13 heteroatoms. The topological polar surface area (TPSA) is 104 Å². The molecule has 1 unspecified atom stereocenters. The van der Waals surface area contributed by atoms with Gasteiger partial charge in [0, 0.05) is 52.2 Å². The van der Waals surface area contributed by atoms with E-state index in [2.05, 4.69) is 20.6 Å². The highest BCUT2D eigenvalue weighted by Gasteiger charge is 2.39. The summed E-state index contributed by atoms with van der Waals surface area (Å²) in [6.07, 6.45) is -2.11. The van der Waals surface area contributed by atoms with Crippen LogP contribution in [0.1, 0.15) is 66.4 Å². The van der Waals surface area contributed by atoms with E-state index in [1.54, 1.807) is 25.7 Å². The molecule has 196 valence electrons. The van der Waals surface area contributed by atoms with Gasteiger partial charge in [-0.15, -0.1) is 11.3 Å². The van der Waals surface area contributed by atoms with E-state index in [1.165, 1.54) is 0 Å². The smallest absolute Gasteiger partial charge is 0.365 e. The summed E-state index contributed by atoms with van der Waals surface area (Å²) < 4.78 is 53.9. The predicted molar refractivity (Wildman–Crippen MR) is 133 cm³/mol. The van der Waals surface area contributed by atoms with Crippen LogP contribution in [0.4, 0.5) is 19.0 Å². The van der Waals surface area contributed by atoms with Gasteiger partial charge in [0.05, 0.1) is 16.5 Å². The van der Waals surface area contributed by atoms with Crippen molar-refractivity contribution in [3.05, 3.63) is 28.5 Å². The van der Waals surface area contributed by atoms with Crippen LogP contribution in [0.25, 0.3) is 10.4 Å². The van der Waals surface area contributed by atoms with Crippen molar-refractivity contribution in [1.29, 1.82) is 0 Å². The second-order valence-corrected chi connectivity index (χ2v) is 12.7. The quantitative estimate of drug-likeness (QED) is 0.593. The predicted octanol–water partition coefficient (Wildman–Crippen LogP) is 3.92. The van der Waals surface area contributed by atoms with Crippen molar-refractivity contribution < 1.29 is 27.0 Å². The number of amides is 2. The minimum atomic E-state index is -4.74. The molecular formula is C23H28F3N5O3S2. The molecule has 2 aliphatic heterocycles. The fourth-order valence-electron chi connectivity index (χ4n) is 4.17. The first-order valence-corrected chi connectivity index (χ1v) is 13.9. The molecule has 2 fully saturated rings. The van der Waals surface area contributed by atoms with Crippen LogP contribution in [-0.2, 0) is 17.0 Å². The summed E-state index contributed by atoms with van der Waals surface area (Å²) in [5, 5.41) is 5.51. The summed E-state index contributed by atoms with van der Waals surface area (Å²) in [7, 11) is -0.992. The Hall–Kier alpha value is -2.54. The van der Waals surface area contributed by atoms with Gasteiger partial charge in [0.1, 0.15) is 11.5 Å². The summed E-state index contributed by atoms with van der Waals surface area (Å²) in [5.41, 5.74) is -2.00. The van der Waals surface area contributed by atoms with Gasteiger partial charge in [0.2, 0.25) is 0 Å². The van der Waals surface area contributed by atoms with Crippen molar-refractivity contribution in [3.8, 4) is 10.4 Å². The Bertz CT molecular complexity index is 1200. The summed E-state index contributed by atoms with van der Waals surface area (Å²) in [6.45, 7) is 7.74. The molecule has 0 aliphatic carbocycles. The molecule has 2 aromatic rings. The molecule has 2 saturated heterocycles. The number of thiazole rings is 1. The van der Waals surface area contributed by atoms with Crippen LogP contribution in [0.15, 0.2) is 12.3 Å². The number of aromatic nitrogens is 2. The second-order valence-electron chi connectivity index (χ2n) is 10.1. The summed E-state index contributed by atoms with van der Waals surface area (Å²) in [4.78, 5) is 36.2. The van der Waals surface area contributed by atoms with Gasteiger partial charge in [-0.1, -0.05) is 0 Å². The third-order valence-corrected chi connectivity index (χ3v) is 8.54. The molecule has 2 aliphatic rings. The number of pyridine rings is 1. The Labute approximate surface area is 213 Å². The van der Waals surface area contributed by atoms with Crippen molar-refractivity contribution >= 4 is 39.8 Å². The lowest BCUT2D eigenvalue weighted by molar-refractivity contribution is -0.137. The Morgan fingerprint density at radius 3 is 2.47 bits per heavy atom. The normalized spacial score (nSPS) is 22.3. The van der Waals surface area contributed by atoms with E-state index < -0.39 is 39.9 Å². The van der Waals surface area contributed by atoms with Crippen molar-refractivity contribution in [2.24, 2.45) is 0 Å². The van der Waals surface area contributed by atoms with Crippen LogP contribution in [0, 0.1) is 0 Å². The lowest BCUT2D eigenvalue weighted by Gasteiger charge is -2.25. The molecule has 36 heavy (non-hydrogen) atoms. The molecule has 1 atom stereocenters. The number of likely N-dealkylation sites (tertiary alicyclic amines) is 1. The summed E-state index contributed by atoms with van der Waals surface area (Å²) in [6, 6.07) is 0.530. The molecule has 0 radical (unpaired) electrons. The van der Waals surface area contributed by atoms with E-state index in [1.807, 2.05) is 6.92 Å². The van der Waals surface area contributed by atoms with Crippen molar-refractivity contribution in [2.45, 2.75) is 64.3 Å². The van der Waals surface area contributed by atoms with Gasteiger partial charge in [0.25, 0.3) is 11.8 Å². The van der Waals surface area contributed by atoms with Gasteiger partial charge in [-0.25, -0.2) is 9.97 Å². The van der Waals surface area contributed by atoms with Gasteiger partial charge >= 0.3 is 6.18 Å². The van der Waals surface area contributed by atoms with Crippen LogP contribution in [-0.4, -0.2) is 66.6 Å². The molecule has 0 saturated carbocycles. The minimum absolute atomic E-state index is 0.0417. The zero-order valence-electron chi connectivity index (χ0n) is 20.4. The molecule has 0 bridgehead atoms. The van der Waals surface area contributed by atoms with E-state index in [-0.39, 0.29) is 39.0 Å². The zero-order chi connectivity index (χ0) is 26.4. The molecular weight excluding hydrogens is 515 g/mol. The van der Waals surface area contributed by atoms with Gasteiger partial charge in [-0.05, 0) is 46.6 Å². The number of carbonyl (C=O) groups excluding carboxylic acids is 2. The number of halogens is 3. The molecule has 2 N–H and O–H groups in total. The third-order valence-electron chi connectivity index (χ3n) is 5.90. The van der Waals surface area contributed by atoms with Crippen molar-refractivity contribution in [1.82, 2.24) is 20.2 Å². The minimum Gasteiger partial charge on any atom is -0.365 e. The Kier molecular flexibility index (Phi) is 7.17. The first-order chi connectivity index (χ1) is 16.7. The lowest BCUT2D eigenvalue weighted by Crippen LogP contribution is -2.50. The maximum Gasteiger partial charge on any atom is 0.417 e. The monoisotopic (exact) mass is 543 g/mol. The second kappa shape index (κ2) is 9.73.